The summed E-state index contributed by atoms with van der Waals surface area (Å²) in [5.41, 5.74) is 0.423. The van der Waals surface area contributed by atoms with Gasteiger partial charge in [-0.15, -0.1) is 0 Å². The van der Waals surface area contributed by atoms with Crippen molar-refractivity contribution in [3.8, 4) is 0 Å². The van der Waals surface area contributed by atoms with Gasteiger partial charge in [-0.05, 0) is 25.8 Å². The first-order valence-electron chi connectivity index (χ1n) is 6.43. The first kappa shape index (κ1) is 15.4. The molecule has 0 unspecified atom stereocenters. The third kappa shape index (κ3) is 3.64. The molecule has 0 atom stereocenters. The molecule has 0 aliphatic heterocycles. The number of nitrogens with one attached hydrogen (secondary N) is 1. The molecule has 1 heterocycles. The summed E-state index contributed by atoms with van der Waals surface area (Å²) in [7, 11) is 0. The van der Waals surface area contributed by atoms with Crippen molar-refractivity contribution in [2.75, 3.05) is 18.5 Å². The standard InChI is InChI=1S/C13H21N3O3/c1-4-13(5-2,9-17)8-15-12-6-10(3)11(7-14-12)16(18)19/h6-7,17H,4-5,8-9H2,1-3H3,(H,14,15). The van der Waals surface area contributed by atoms with Gasteiger partial charge in [0.05, 0.1) is 11.5 Å². The molecule has 19 heavy (non-hydrogen) atoms. The lowest BCUT2D eigenvalue weighted by atomic mass is 9.83. The number of aliphatic hydroxyl groups excluding tert-OH is 1. The first-order chi connectivity index (χ1) is 8.98. The molecule has 0 aromatic carbocycles. The second kappa shape index (κ2) is 6.47. The predicted octanol–water partition coefficient (Wildman–Crippen LogP) is 2.51. The highest BCUT2D eigenvalue weighted by atomic mass is 16.6. The molecule has 6 heteroatoms. The van der Waals surface area contributed by atoms with Gasteiger partial charge in [-0.25, -0.2) is 4.98 Å². The van der Waals surface area contributed by atoms with Gasteiger partial charge in [-0.2, -0.15) is 0 Å². The quantitative estimate of drug-likeness (QED) is 0.585. The van der Waals surface area contributed by atoms with Crippen LogP contribution < -0.4 is 5.32 Å². The molecule has 0 saturated carbocycles. The van der Waals surface area contributed by atoms with Crippen LogP contribution in [0.3, 0.4) is 0 Å². The molecule has 0 bridgehead atoms. The fourth-order valence-corrected chi connectivity index (χ4v) is 1.89. The Kier molecular flexibility index (Phi) is 5.23. The van der Waals surface area contributed by atoms with Gasteiger partial charge in [0.25, 0.3) is 5.69 Å². The molecule has 2 N–H and O–H groups in total. The number of aryl methyl sites for hydroxylation is 1. The molecule has 0 radical (unpaired) electrons. The molecule has 0 spiro atoms. The second-order valence-electron chi connectivity index (χ2n) is 4.83. The Morgan fingerprint density at radius 1 is 1.47 bits per heavy atom. The zero-order valence-electron chi connectivity index (χ0n) is 11.6. The first-order valence-corrected chi connectivity index (χ1v) is 6.43. The minimum absolute atomic E-state index is 0.0185. The van der Waals surface area contributed by atoms with Gasteiger partial charge in [-0.1, -0.05) is 13.8 Å². The Hall–Kier alpha value is -1.69. The topological polar surface area (TPSA) is 88.3 Å². The van der Waals surface area contributed by atoms with E-state index in [-0.39, 0.29) is 17.7 Å². The highest BCUT2D eigenvalue weighted by Crippen LogP contribution is 2.26. The highest BCUT2D eigenvalue weighted by Gasteiger charge is 2.25. The summed E-state index contributed by atoms with van der Waals surface area (Å²) in [5, 5.41) is 23.3. The van der Waals surface area contributed by atoms with E-state index in [0.29, 0.717) is 17.9 Å². The van der Waals surface area contributed by atoms with Gasteiger partial charge in [-0.3, -0.25) is 10.1 Å². The van der Waals surface area contributed by atoms with Crippen LogP contribution in [0.15, 0.2) is 12.3 Å². The average Bonchev–Trinajstić information content (AvgIpc) is 2.40. The van der Waals surface area contributed by atoms with Gasteiger partial charge >= 0.3 is 0 Å². The number of nitro groups is 1. The molecule has 0 saturated heterocycles. The van der Waals surface area contributed by atoms with Crippen molar-refractivity contribution < 1.29 is 10.0 Å². The van der Waals surface area contributed by atoms with Gasteiger partial charge < -0.3 is 10.4 Å². The molecule has 6 nitrogen and oxygen atoms in total. The van der Waals surface area contributed by atoms with E-state index >= 15 is 0 Å². The molecular formula is C13H21N3O3. The zero-order valence-corrected chi connectivity index (χ0v) is 11.6. The molecule has 1 aromatic heterocycles. The van der Waals surface area contributed by atoms with E-state index in [0.717, 1.165) is 12.8 Å². The normalized spacial score (nSPS) is 11.4. The number of aromatic nitrogens is 1. The summed E-state index contributed by atoms with van der Waals surface area (Å²) in [6, 6.07) is 1.66. The largest absolute Gasteiger partial charge is 0.396 e. The number of anilines is 1. The monoisotopic (exact) mass is 267 g/mol. The highest BCUT2D eigenvalue weighted by molar-refractivity contribution is 5.46. The van der Waals surface area contributed by atoms with Crippen LogP contribution in [0.4, 0.5) is 11.5 Å². The minimum Gasteiger partial charge on any atom is -0.396 e. The number of aliphatic hydroxyl groups is 1. The van der Waals surface area contributed by atoms with Crippen molar-refractivity contribution >= 4 is 11.5 Å². The summed E-state index contributed by atoms with van der Waals surface area (Å²) < 4.78 is 0. The molecule has 0 aliphatic carbocycles. The Labute approximate surface area is 113 Å². The van der Waals surface area contributed by atoms with E-state index in [1.165, 1.54) is 6.20 Å². The lowest BCUT2D eigenvalue weighted by molar-refractivity contribution is -0.385. The van der Waals surface area contributed by atoms with Crippen molar-refractivity contribution in [2.24, 2.45) is 5.41 Å². The number of rotatable bonds is 7. The minimum atomic E-state index is -0.442. The smallest absolute Gasteiger partial charge is 0.290 e. The van der Waals surface area contributed by atoms with Crippen LogP contribution in [0.2, 0.25) is 0 Å². The maximum absolute atomic E-state index is 10.7. The predicted molar refractivity (Wildman–Crippen MR) is 74.2 cm³/mol. The second-order valence-corrected chi connectivity index (χ2v) is 4.83. The van der Waals surface area contributed by atoms with Crippen LogP contribution in [0, 0.1) is 22.5 Å². The lowest BCUT2D eigenvalue weighted by Gasteiger charge is -2.29. The van der Waals surface area contributed by atoms with Crippen molar-refractivity contribution in [1.82, 2.24) is 4.98 Å². The Morgan fingerprint density at radius 3 is 2.53 bits per heavy atom. The zero-order chi connectivity index (χ0) is 14.5. The molecule has 0 aliphatic rings. The fourth-order valence-electron chi connectivity index (χ4n) is 1.89. The van der Waals surface area contributed by atoms with Crippen molar-refractivity contribution in [1.29, 1.82) is 0 Å². The summed E-state index contributed by atoms with van der Waals surface area (Å²) in [6.07, 6.45) is 2.98. The van der Waals surface area contributed by atoms with Gasteiger partial charge in [0.1, 0.15) is 12.0 Å². The third-order valence-electron chi connectivity index (χ3n) is 3.76. The van der Waals surface area contributed by atoms with Crippen LogP contribution >= 0.6 is 0 Å². The van der Waals surface area contributed by atoms with Crippen LogP contribution in [-0.4, -0.2) is 28.2 Å². The van der Waals surface area contributed by atoms with Crippen LogP contribution in [0.5, 0.6) is 0 Å². The lowest BCUT2D eigenvalue weighted by Crippen LogP contribution is -2.32. The summed E-state index contributed by atoms with van der Waals surface area (Å²) >= 11 is 0. The molecular weight excluding hydrogens is 246 g/mol. The molecule has 0 fully saturated rings. The van der Waals surface area contributed by atoms with E-state index in [1.54, 1.807) is 13.0 Å². The Balaban J connectivity index is 2.78. The van der Waals surface area contributed by atoms with Gasteiger partial charge in [0.15, 0.2) is 0 Å². The number of hydrogen-bond donors (Lipinski definition) is 2. The van der Waals surface area contributed by atoms with E-state index < -0.39 is 4.92 Å². The SMILES string of the molecule is CCC(CC)(CO)CNc1cc(C)c([N+](=O)[O-])cn1. The Bertz CT molecular complexity index is 436. The fraction of sp³-hybridized carbons (Fsp3) is 0.615. The van der Waals surface area contributed by atoms with Crippen molar-refractivity contribution in [3.63, 3.8) is 0 Å². The maximum Gasteiger partial charge on any atom is 0.290 e. The molecule has 106 valence electrons. The summed E-state index contributed by atoms with van der Waals surface area (Å²) in [4.78, 5) is 14.3. The van der Waals surface area contributed by atoms with Crippen molar-refractivity contribution in [3.05, 3.63) is 27.9 Å². The van der Waals surface area contributed by atoms with Crippen LogP contribution in [0.1, 0.15) is 32.3 Å². The average molecular weight is 267 g/mol. The van der Waals surface area contributed by atoms with E-state index in [1.807, 2.05) is 13.8 Å². The number of hydrogen-bond acceptors (Lipinski definition) is 5. The summed E-state index contributed by atoms with van der Waals surface area (Å²) in [6.45, 7) is 6.47. The molecule has 1 rings (SSSR count). The van der Waals surface area contributed by atoms with E-state index in [9.17, 15) is 15.2 Å². The Morgan fingerprint density at radius 2 is 2.11 bits per heavy atom. The molecule has 1 aromatic rings. The van der Waals surface area contributed by atoms with Crippen molar-refractivity contribution in [2.45, 2.75) is 33.6 Å². The van der Waals surface area contributed by atoms with Crippen LogP contribution in [-0.2, 0) is 0 Å². The number of pyridine rings is 1. The van der Waals surface area contributed by atoms with Gasteiger partial charge in [0, 0.05) is 17.5 Å². The third-order valence-corrected chi connectivity index (χ3v) is 3.76. The maximum atomic E-state index is 10.7. The van der Waals surface area contributed by atoms with E-state index in [2.05, 4.69) is 10.3 Å². The van der Waals surface area contributed by atoms with E-state index in [4.69, 9.17) is 0 Å². The summed E-state index contributed by atoms with van der Waals surface area (Å²) in [5.74, 6) is 0.600. The molecule has 0 amide bonds. The van der Waals surface area contributed by atoms with Gasteiger partial charge in [0.2, 0.25) is 0 Å². The van der Waals surface area contributed by atoms with Crippen LogP contribution in [0.25, 0.3) is 0 Å². The number of nitrogens with zero attached hydrogens (tertiary/aromatic N) is 2.